The number of halogens is 1. The van der Waals surface area contributed by atoms with Crippen molar-refractivity contribution in [2.75, 3.05) is 0 Å². The van der Waals surface area contributed by atoms with E-state index in [1.54, 1.807) is 24.5 Å². The third kappa shape index (κ3) is 3.61. The van der Waals surface area contributed by atoms with E-state index in [0.717, 1.165) is 16.2 Å². The highest BCUT2D eigenvalue weighted by Crippen LogP contribution is 2.29. The van der Waals surface area contributed by atoms with Gasteiger partial charge in [0.15, 0.2) is 0 Å². The van der Waals surface area contributed by atoms with Crippen LogP contribution in [0.2, 0.25) is 0 Å². The summed E-state index contributed by atoms with van der Waals surface area (Å²) in [6, 6.07) is 7.88. The Labute approximate surface area is 115 Å². The summed E-state index contributed by atoms with van der Waals surface area (Å²) in [5, 5.41) is -0.401. The van der Waals surface area contributed by atoms with Crippen LogP contribution in [0.3, 0.4) is 0 Å². The van der Waals surface area contributed by atoms with Gasteiger partial charge in [-0.05, 0) is 37.1 Å². The van der Waals surface area contributed by atoms with Gasteiger partial charge in [-0.25, -0.2) is 4.39 Å². The summed E-state index contributed by atoms with van der Waals surface area (Å²) in [5.41, 5.74) is 6.29. The predicted octanol–water partition coefficient (Wildman–Crippen LogP) is 2.92. The van der Waals surface area contributed by atoms with Gasteiger partial charge in [0.1, 0.15) is 11.6 Å². The molecule has 0 bridgehead atoms. The second-order valence-electron chi connectivity index (χ2n) is 4.18. The molecule has 1 atom stereocenters. The number of benzene rings is 1. The van der Waals surface area contributed by atoms with Crippen LogP contribution >= 0.6 is 11.8 Å². The highest BCUT2D eigenvalue weighted by atomic mass is 32.2. The van der Waals surface area contributed by atoms with Gasteiger partial charge in [0.05, 0.1) is 11.5 Å². The van der Waals surface area contributed by atoms with Crippen LogP contribution in [0.4, 0.5) is 4.39 Å². The Bertz CT molecular complexity index is 565. The molecule has 2 N–H and O–H groups in total. The second-order valence-corrected chi connectivity index (χ2v) is 5.43. The van der Waals surface area contributed by atoms with E-state index in [2.05, 4.69) is 0 Å². The molecule has 0 spiro atoms. The van der Waals surface area contributed by atoms with E-state index in [1.165, 1.54) is 23.9 Å². The zero-order valence-corrected chi connectivity index (χ0v) is 11.2. The van der Waals surface area contributed by atoms with Crippen molar-refractivity contribution in [2.24, 2.45) is 5.73 Å². The number of rotatable bonds is 5. The van der Waals surface area contributed by atoms with Crippen molar-refractivity contribution < 1.29 is 13.6 Å². The summed E-state index contributed by atoms with van der Waals surface area (Å²) in [6.45, 7) is 1.83. The molecule has 1 amide bonds. The highest BCUT2D eigenvalue weighted by Gasteiger charge is 2.19. The number of nitrogens with two attached hydrogens (primary N) is 1. The van der Waals surface area contributed by atoms with Gasteiger partial charge in [0, 0.05) is 4.90 Å². The molecule has 0 fully saturated rings. The number of thioether (sulfide) groups is 1. The van der Waals surface area contributed by atoms with Gasteiger partial charge in [-0.2, -0.15) is 0 Å². The highest BCUT2D eigenvalue weighted by molar-refractivity contribution is 8.00. The fraction of sp³-hybridized carbons (Fsp3) is 0.214. The molecular formula is C14H14FNO2S. The van der Waals surface area contributed by atoms with E-state index in [4.69, 9.17) is 10.2 Å². The molecular weight excluding hydrogens is 265 g/mol. The number of primary amides is 1. The lowest BCUT2D eigenvalue weighted by molar-refractivity contribution is -0.117. The molecule has 0 aliphatic heterocycles. The Hall–Kier alpha value is -1.75. The summed E-state index contributed by atoms with van der Waals surface area (Å²) in [6.07, 6.45) is 2.04. The predicted molar refractivity (Wildman–Crippen MR) is 72.4 cm³/mol. The summed E-state index contributed by atoms with van der Waals surface area (Å²) in [7, 11) is 0. The normalized spacial score (nSPS) is 12.3. The number of amides is 1. The van der Waals surface area contributed by atoms with Crippen molar-refractivity contribution in [1.82, 2.24) is 0 Å². The van der Waals surface area contributed by atoms with Gasteiger partial charge < -0.3 is 10.2 Å². The van der Waals surface area contributed by atoms with E-state index >= 15 is 0 Å². The van der Waals surface area contributed by atoms with E-state index in [0.29, 0.717) is 6.42 Å². The molecule has 0 saturated carbocycles. The number of hydrogen-bond acceptors (Lipinski definition) is 3. The fourth-order valence-electron chi connectivity index (χ4n) is 1.68. The summed E-state index contributed by atoms with van der Waals surface area (Å²) >= 11 is 1.37. The first-order chi connectivity index (χ1) is 9.06. The maximum Gasteiger partial charge on any atom is 0.231 e. The molecule has 1 aromatic carbocycles. The Balaban J connectivity index is 2.10. The average molecular weight is 279 g/mol. The molecule has 2 rings (SSSR count). The first kappa shape index (κ1) is 13.7. The second kappa shape index (κ2) is 5.93. The van der Waals surface area contributed by atoms with Gasteiger partial charge in [0.2, 0.25) is 5.91 Å². The number of furan rings is 1. The average Bonchev–Trinajstić information content (AvgIpc) is 2.77. The molecule has 0 saturated heterocycles. The Morgan fingerprint density at radius 1 is 1.37 bits per heavy atom. The lowest BCUT2D eigenvalue weighted by Gasteiger charge is -2.12. The van der Waals surface area contributed by atoms with Crippen molar-refractivity contribution in [1.29, 1.82) is 0 Å². The summed E-state index contributed by atoms with van der Waals surface area (Å²) < 4.78 is 18.0. The van der Waals surface area contributed by atoms with Crippen molar-refractivity contribution in [2.45, 2.75) is 23.5 Å². The first-order valence-electron chi connectivity index (χ1n) is 5.81. The van der Waals surface area contributed by atoms with Crippen LogP contribution in [0.5, 0.6) is 0 Å². The molecule has 1 aromatic heterocycles. The summed E-state index contributed by atoms with van der Waals surface area (Å²) in [5.74, 6) is 0.0722. The van der Waals surface area contributed by atoms with Crippen LogP contribution in [-0.4, -0.2) is 11.2 Å². The maximum absolute atomic E-state index is 12.8. The van der Waals surface area contributed by atoms with Crippen LogP contribution in [0.1, 0.15) is 11.3 Å². The maximum atomic E-state index is 12.8. The van der Waals surface area contributed by atoms with Crippen LogP contribution in [-0.2, 0) is 11.2 Å². The van der Waals surface area contributed by atoms with E-state index in [1.807, 2.05) is 6.92 Å². The number of carbonyl (C=O) groups excluding carboxylic acids is 1. The topological polar surface area (TPSA) is 56.2 Å². The van der Waals surface area contributed by atoms with Crippen molar-refractivity contribution in [3.63, 3.8) is 0 Å². The summed E-state index contributed by atoms with van der Waals surface area (Å²) in [4.78, 5) is 12.4. The van der Waals surface area contributed by atoms with Gasteiger partial charge in [-0.15, -0.1) is 11.8 Å². The van der Waals surface area contributed by atoms with Gasteiger partial charge in [-0.1, -0.05) is 12.1 Å². The van der Waals surface area contributed by atoms with Gasteiger partial charge >= 0.3 is 0 Å². The van der Waals surface area contributed by atoms with E-state index < -0.39 is 11.2 Å². The fourth-order valence-corrected chi connectivity index (χ4v) is 2.73. The molecule has 0 aliphatic rings. The number of aryl methyl sites for hydroxylation is 1. The van der Waals surface area contributed by atoms with E-state index in [-0.39, 0.29) is 5.82 Å². The molecule has 19 heavy (non-hydrogen) atoms. The van der Waals surface area contributed by atoms with Crippen LogP contribution < -0.4 is 5.73 Å². The SMILES string of the molecule is Cc1occc1S[C@@H](Cc1ccc(F)cc1)C(N)=O. The lowest BCUT2D eigenvalue weighted by Crippen LogP contribution is -2.27. The zero-order chi connectivity index (χ0) is 13.8. The van der Waals surface area contributed by atoms with Crippen molar-refractivity contribution >= 4 is 17.7 Å². The number of hydrogen-bond donors (Lipinski definition) is 1. The molecule has 3 nitrogen and oxygen atoms in total. The third-order valence-electron chi connectivity index (χ3n) is 2.73. The van der Waals surface area contributed by atoms with Crippen LogP contribution in [0.15, 0.2) is 45.9 Å². The Kier molecular flexibility index (Phi) is 4.27. The monoisotopic (exact) mass is 279 g/mol. The first-order valence-corrected chi connectivity index (χ1v) is 6.68. The minimum Gasteiger partial charge on any atom is -0.468 e. The van der Waals surface area contributed by atoms with Crippen molar-refractivity contribution in [3.05, 3.63) is 53.7 Å². The minimum atomic E-state index is -0.401. The third-order valence-corrected chi connectivity index (χ3v) is 4.09. The molecule has 0 aliphatic carbocycles. The Morgan fingerprint density at radius 2 is 2.05 bits per heavy atom. The number of carbonyl (C=O) groups is 1. The van der Waals surface area contributed by atoms with Crippen LogP contribution in [0, 0.1) is 12.7 Å². The molecule has 5 heteroatoms. The van der Waals surface area contributed by atoms with Gasteiger partial charge in [0.25, 0.3) is 0 Å². The van der Waals surface area contributed by atoms with E-state index in [9.17, 15) is 9.18 Å². The standard InChI is InChI=1S/C14H14FNO2S/c1-9-12(6-7-18-9)19-13(14(16)17)8-10-2-4-11(15)5-3-10/h2-7,13H,8H2,1H3,(H2,16,17)/t13-/m0/s1. The zero-order valence-electron chi connectivity index (χ0n) is 10.4. The molecule has 1 heterocycles. The van der Waals surface area contributed by atoms with Crippen LogP contribution in [0.25, 0.3) is 0 Å². The smallest absolute Gasteiger partial charge is 0.231 e. The van der Waals surface area contributed by atoms with Gasteiger partial charge in [-0.3, -0.25) is 4.79 Å². The molecule has 2 aromatic rings. The largest absolute Gasteiger partial charge is 0.468 e. The quantitative estimate of drug-likeness (QED) is 0.856. The molecule has 100 valence electrons. The molecule has 0 radical (unpaired) electrons. The lowest BCUT2D eigenvalue weighted by atomic mass is 10.1. The minimum absolute atomic E-state index is 0.294. The van der Waals surface area contributed by atoms with Crippen molar-refractivity contribution in [3.8, 4) is 0 Å². The Morgan fingerprint density at radius 3 is 2.58 bits per heavy atom. The molecule has 0 unspecified atom stereocenters.